The largest absolute Gasteiger partial charge is 0.326 e. The summed E-state index contributed by atoms with van der Waals surface area (Å²) in [6.07, 6.45) is 2.12. The molecule has 1 unspecified atom stereocenters. The van der Waals surface area contributed by atoms with Gasteiger partial charge >= 0.3 is 6.03 Å². The fraction of sp³-hybridized carbons (Fsp3) is 0.200. The van der Waals surface area contributed by atoms with Crippen molar-refractivity contribution in [1.29, 1.82) is 0 Å². The van der Waals surface area contributed by atoms with Crippen molar-refractivity contribution >= 4 is 46.5 Å². The molecule has 1 aliphatic heterocycles. The van der Waals surface area contributed by atoms with Crippen molar-refractivity contribution in [3.05, 3.63) is 58.8 Å². The van der Waals surface area contributed by atoms with Crippen LogP contribution in [0.25, 0.3) is 11.4 Å². The number of aryl methyl sites for hydroxylation is 1. The third-order valence-corrected chi connectivity index (χ3v) is 5.47. The van der Waals surface area contributed by atoms with Gasteiger partial charge in [0, 0.05) is 30.5 Å². The van der Waals surface area contributed by atoms with E-state index in [1.807, 2.05) is 12.1 Å². The van der Waals surface area contributed by atoms with Gasteiger partial charge in [0.1, 0.15) is 12.4 Å². The zero-order chi connectivity index (χ0) is 21.3. The molecule has 3 amide bonds. The molecule has 4 rings (SSSR count). The summed E-state index contributed by atoms with van der Waals surface area (Å²) in [4.78, 5) is 30.8. The van der Waals surface area contributed by atoms with Gasteiger partial charge in [-0.25, -0.2) is 9.78 Å². The van der Waals surface area contributed by atoms with Crippen molar-refractivity contribution in [2.24, 2.45) is 7.05 Å². The summed E-state index contributed by atoms with van der Waals surface area (Å²) in [5.74, 6) is 0.410. The number of aromatic nitrogens is 3. The zero-order valence-corrected chi connectivity index (χ0v) is 17.5. The Balaban J connectivity index is 1.36. The molecule has 3 aromatic rings. The van der Waals surface area contributed by atoms with Gasteiger partial charge in [-0.15, -0.1) is 0 Å². The zero-order valence-electron chi connectivity index (χ0n) is 16.0. The Labute approximate surface area is 182 Å². The lowest BCUT2D eigenvalue weighted by Gasteiger charge is -2.18. The minimum Gasteiger partial charge on any atom is -0.326 e. The number of urea groups is 1. The predicted octanol–water partition coefficient (Wildman–Crippen LogP) is 3.72. The van der Waals surface area contributed by atoms with E-state index in [1.165, 1.54) is 0 Å². The topological polar surface area (TPSA) is 92.2 Å². The summed E-state index contributed by atoms with van der Waals surface area (Å²) in [6.45, 7) is 0.480. The molecule has 0 radical (unpaired) electrons. The fourth-order valence-electron chi connectivity index (χ4n) is 3.22. The molecule has 2 N–H and O–H groups in total. The number of nitrogens with zero attached hydrogens (tertiary/aromatic N) is 4. The lowest BCUT2D eigenvalue weighted by atomic mass is 10.2. The summed E-state index contributed by atoms with van der Waals surface area (Å²) in [6, 6.07) is 11.1. The van der Waals surface area contributed by atoms with Crippen molar-refractivity contribution in [2.75, 3.05) is 16.8 Å². The summed E-state index contributed by atoms with van der Waals surface area (Å²) in [5, 5.41) is 10.5. The molecule has 1 saturated heterocycles. The molecular weight excluding hydrogens is 427 g/mol. The first-order chi connectivity index (χ1) is 14.4. The smallest absolute Gasteiger partial charge is 0.319 e. The molecule has 0 spiro atoms. The van der Waals surface area contributed by atoms with Crippen LogP contribution in [0, 0.1) is 0 Å². The average molecular weight is 445 g/mol. The molecule has 1 aliphatic rings. The Kier molecular flexibility index (Phi) is 5.61. The number of benzene rings is 2. The van der Waals surface area contributed by atoms with E-state index in [-0.39, 0.29) is 5.91 Å². The molecule has 1 aromatic heterocycles. The lowest BCUT2D eigenvalue weighted by Crippen LogP contribution is -2.43. The third-order valence-electron chi connectivity index (χ3n) is 4.73. The molecule has 2 heterocycles. The molecule has 2 aromatic carbocycles. The van der Waals surface area contributed by atoms with Crippen LogP contribution in [-0.4, -0.2) is 39.3 Å². The van der Waals surface area contributed by atoms with Crippen LogP contribution in [0.4, 0.5) is 16.2 Å². The van der Waals surface area contributed by atoms with Gasteiger partial charge in [-0.2, -0.15) is 5.10 Å². The van der Waals surface area contributed by atoms with Gasteiger partial charge < -0.3 is 15.5 Å². The highest BCUT2D eigenvalue weighted by Gasteiger charge is 2.33. The Morgan fingerprint density at radius 2 is 1.90 bits per heavy atom. The van der Waals surface area contributed by atoms with Crippen LogP contribution in [0.15, 0.2) is 48.8 Å². The van der Waals surface area contributed by atoms with Crippen LogP contribution in [0.5, 0.6) is 0 Å². The lowest BCUT2D eigenvalue weighted by molar-refractivity contribution is -0.118. The van der Waals surface area contributed by atoms with Crippen LogP contribution in [-0.2, 0) is 11.8 Å². The Morgan fingerprint density at radius 3 is 2.57 bits per heavy atom. The standard InChI is InChI=1S/C20H18Cl2N6O2/c1-27-11-23-18(26-27)12-2-4-13(5-3-12)24-20(30)25-17-8-9-28(19(17)29)14-6-7-15(21)16(22)10-14/h2-7,10-11,17H,8-9H2,1H3,(H2,24,25,30). The van der Waals surface area contributed by atoms with Crippen molar-refractivity contribution < 1.29 is 9.59 Å². The van der Waals surface area contributed by atoms with Gasteiger partial charge in [-0.3, -0.25) is 9.48 Å². The Morgan fingerprint density at radius 1 is 1.13 bits per heavy atom. The molecule has 30 heavy (non-hydrogen) atoms. The van der Waals surface area contributed by atoms with Gasteiger partial charge in [-0.1, -0.05) is 23.2 Å². The van der Waals surface area contributed by atoms with Crippen molar-refractivity contribution in [3.63, 3.8) is 0 Å². The maximum absolute atomic E-state index is 12.7. The second kappa shape index (κ2) is 8.33. The molecule has 0 bridgehead atoms. The average Bonchev–Trinajstić information content (AvgIpc) is 3.31. The summed E-state index contributed by atoms with van der Waals surface area (Å²) in [7, 11) is 1.80. The number of halogens is 2. The first-order valence-corrected chi connectivity index (χ1v) is 9.96. The number of rotatable bonds is 4. The Hall–Kier alpha value is -3.10. The van der Waals surface area contributed by atoms with Gasteiger partial charge in [-0.05, 0) is 48.9 Å². The highest BCUT2D eigenvalue weighted by atomic mass is 35.5. The van der Waals surface area contributed by atoms with E-state index in [4.69, 9.17) is 23.2 Å². The van der Waals surface area contributed by atoms with E-state index in [1.54, 1.807) is 53.3 Å². The van der Waals surface area contributed by atoms with Gasteiger partial charge in [0.2, 0.25) is 5.91 Å². The number of hydrogen-bond donors (Lipinski definition) is 2. The van der Waals surface area contributed by atoms with E-state index in [9.17, 15) is 9.59 Å². The number of carbonyl (C=O) groups is 2. The maximum Gasteiger partial charge on any atom is 0.319 e. The monoisotopic (exact) mass is 444 g/mol. The number of hydrogen-bond acceptors (Lipinski definition) is 4. The molecule has 8 nitrogen and oxygen atoms in total. The van der Waals surface area contributed by atoms with E-state index in [2.05, 4.69) is 20.7 Å². The van der Waals surface area contributed by atoms with Crippen molar-refractivity contribution in [1.82, 2.24) is 20.1 Å². The molecule has 1 fully saturated rings. The van der Waals surface area contributed by atoms with E-state index >= 15 is 0 Å². The second-order valence-electron chi connectivity index (χ2n) is 6.85. The number of carbonyl (C=O) groups excluding carboxylic acids is 2. The number of amides is 3. The fourth-order valence-corrected chi connectivity index (χ4v) is 3.52. The highest BCUT2D eigenvalue weighted by molar-refractivity contribution is 6.42. The van der Waals surface area contributed by atoms with Crippen LogP contribution in [0.1, 0.15) is 6.42 Å². The predicted molar refractivity (Wildman–Crippen MR) is 116 cm³/mol. The number of nitrogens with one attached hydrogen (secondary N) is 2. The van der Waals surface area contributed by atoms with Gasteiger partial charge in [0.15, 0.2) is 5.82 Å². The summed E-state index contributed by atoms with van der Waals surface area (Å²) < 4.78 is 1.62. The first-order valence-electron chi connectivity index (χ1n) is 9.21. The maximum atomic E-state index is 12.7. The van der Waals surface area contributed by atoms with Crippen LogP contribution in [0.3, 0.4) is 0 Å². The minimum absolute atomic E-state index is 0.194. The highest BCUT2D eigenvalue weighted by Crippen LogP contribution is 2.29. The molecular formula is C20H18Cl2N6O2. The van der Waals surface area contributed by atoms with Crippen LogP contribution >= 0.6 is 23.2 Å². The summed E-state index contributed by atoms with van der Waals surface area (Å²) >= 11 is 12.0. The quantitative estimate of drug-likeness (QED) is 0.641. The van der Waals surface area contributed by atoms with Crippen molar-refractivity contribution in [2.45, 2.75) is 12.5 Å². The SMILES string of the molecule is Cn1cnc(-c2ccc(NC(=O)NC3CCN(c4ccc(Cl)c(Cl)c4)C3=O)cc2)n1. The van der Waals surface area contributed by atoms with E-state index in [0.717, 1.165) is 5.56 Å². The second-order valence-corrected chi connectivity index (χ2v) is 7.66. The third kappa shape index (κ3) is 4.24. The summed E-state index contributed by atoms with van der Waals surface area (Å²) in [5.41, 5.74) is 2.08. The molecule has 1 atom stereocenters. The van der Waals surface area contributed by atoms with Crippen LogP contribution in [0.2, 0.25) is 10.0 Å². The van der Waals surface area contributed by atoms with E-state index in [0.29, 0.717) is 40.2 Å². The molecule has 0 saturated carbocycles. The van der Waals surface area contributed by atoms with Crippen molar-refractivity contribution in [3.8, 4) is 11.4 Å². The number of anilines is 2. The van der Waals surface area contributed by atoms with E-state index < -0.39 is 12.1 Å². The normalized spacial score (nSPS) is 16.0. The molecule has 10 heteroatoms. The van der Waals surface area contributed by atoms with Crippen LogP contribution < -0.4 is 15.5 Å². The van der Waals surface area contributed by atoms with Gasteiger partial charge in [0.05, 0.1) is 10.0 Å². The molecule has 0 aliphatic carbocycles. The Bertz CT molecular complexity index is 1100. The first kappa shape index (κ1) is 20.2. The van der Waals surface area contributed by atoms with Gasteiger partial charge in [0.25, 0.3) is 0 Å². The minimum atomic E-state index is -0.614. The molecule has 154 valence electrons.